The predicted molar refractivity (Wildman–Crippen MR) is 65.2 cm³/mol. The number of hydrogen-bond acceptors (Lipinski definition) is 3. The van der Waals surface area contributed by atoms with Gasteiger partial charge in [0.2, 0.25) is 0 Å². The maximum Gasteiger partial charge on any atom is 0.120 e. The van der Waals surface area contributed by atoms with Crippen LogP contribution in [0, 0.1) is 5.92 Å². The first-order valence-electron chi connectivity index (χ1n) is 5.73. The highest BCUT2D eigenvalue weighted by molar-refractivity contribution is 5.56. The fourth-order valence-electron chi connectivity index (χ4n) is 2.15. The average Bonchev–Trinajstić information content (AvgIpc) is 2.35. The minimum atomic E-state index is 0.681. The topological polar surface area (TPSA) is 30.5 Å². The van der Waals surface area contributed by atoms with E-state index in [9.17, 15) is 0 Å². The van der Waals surface area contributed by atoms with Crippen LogP contribution >= 0.6 is 0 Å². The highest BCUT2D eigenvalue weighted by atomic mass is 16.5. The third kappa shape index (κ3) is 2.47. The van der Waals surface area contributed by atoms with Gasteiger partial charge in [-0.15, -0.1) is 0 Å². The molecule has 0 radical (unpaired) electrons. The first-order chi connectivity index (χ1) is 7.83. The van der Waals surface area contributed by atoms with Crippen molar-refractivity contribution in [2.75, 3.05) is 32.7 Å². The molecule has 1 aromatic rings. The molecule has 3 nitrogen and oxygen atoms in total. The molecule has 1 aromatic carbocycles. The van der Waals surface area contributed by atoms with E-state index in [-0.39, 0.29) is 0 Å². The Hall–Kier alpha value is -1.22. The lowest BCUT2D eigenvalue weighted by atomic mass is 9.92. The number of methoxy groups -OCH3 is 2. The third-order valence-electron chi connectivity index (χ3n) is 3.14. The molecule has 3 heteroatoms. The van der Waals surface area contributed by atoms with Crippen molar-refractivity contribution in [2.24, 2.45) is 5.92 Å². The Balaban J connectivity index is 2.04. The van der Waals surface area contributed by atoms with Gasteiger partial charge >= 0.3 is 0 Å². The van der Waals surface area contributed by atoms with Gasteiger partial charge in [0.25, 0.3) is 0 Å². The van der Waals surface area contributed by atoms with Crippen molar-refractivity contribution >= 4 is 5.69 Å². The molecule has 0 saturated heterocycles. The molecule has 0 spiro atoms. The van der Waals surface area contributed by atoms with Gasteiger partial charge in [-0.25, -0.2) is 0 Å². The van der Waals surface area contributed by atoms with Crippen LogP contribution in [0.3, 0.4) is 0 Å². The summed E-state index contributed by atoms with van der Waals surface area (Å²) in [6.45, 7) is 1.88. The van der Waals surface area contributed by atoms with Crippen LogP contribution in [0.2, 0.25) is 0 Å². The molecule has 2 rings (SSSR count). The smallest absolute Gasteiger partial charge is 0.120 e. The SMILES string of the molecule is COCCC1CNc2cc(OC)ccc2C1. The summed E-state index contributed by atoms with van der Waals surface area (Å²) < 4.78 is 10.3. The van der Waals surface area contributed by atoms with Gasteiger partial charge in [-0.2, -0.15) is 0 Å². The Kier molecular flexibility index (Phi) is 3.67. The van der Waals surface area contributed by atoms with Gasteiger partial charge in [0.05, 0.1) is 7.11 Å². The second-order valence-corrected chi connectivity index (χ2v) is 4.26. The lowest BCUT2D eigenvalue weighted by Gasteiger charge is -2.26. The van der Waals surface area contributed by atoms with E-state index in [1.165, 1.54) is 11.3 Å². The molecule has 16 heavy (non-hydrogen) atoms. The zero-order chi connectivity index (χ0) is 11.4. The van der Waals surface area contributed by atoms with Gasteiger partial charge in [-0.05, 0) is 30.4 Å². The molecule has 1 N–H and O–H groups in total. The summed E-state index contributed by atoms with van der Waals surface area (Å²) in [4.78, 5) is 0. The Bertz CT molecular complexity index is 352. The molecular weight excluding hydrogens is 202 g/mol. The molecule has 0 aliphatic carbocycles. The maximum atomic E-state index is 5.21. The summed E-state index contributed by atoms with van der Waals surface area (Å²) in [6.07, 6.45) is 2.25. The third-order valence-corrected chi connectivity index (χ3v) is 3.14. The summed E-state index contributed by atoms with van der Waals surface area (Å²) >= 11 is 0. The molecule has 0 aromatic heterocycles. The zero-order valence-corrected chi connectivity index (χ0v) is 9.95. The predicted octanol–water partition coefficient (Wildman–Crippen LogP) is 2.32. The van der Waals surface area contributed by atoms with E-state index in [0.29, 0.717) is 5.92 Å². The molecule has 0 fully saturated rings. The number of benzene rings is 1. The molecule has 1 unspecified atom stereocenters. The summed E-state index contributed by atoms with van der Waals surface area (Å²) in [5.74, 6) is 1.60. The summed E-state index contributed by atoms with van der Waals surface area (Å²) in [7, 11) is 3.46. The number of nitrogens with one attached hydrogen (secondary N) is 1. The van der Waals surface area contributed by atoms with Crippen LogP contribution in [0.4, 0.5) is 5.69 Å². The Labute approximate surface area is 96.8 Å². The molecule has 88 valence electrons. The molecule has 0 amide bonds. The number of fused-ring (bicyclic) bond motifs is 1. The number of ether oxygens (including phenoxy) is 2. The van der Waals surface area contributed by atoms with Crippen LogP contribution in [0.1, 0.15) is 12.0 Å². The second kappa shape index (κ2) is 5.21. The maximum absolute atomic E-state index is 5.21. The average molecular weight is 221 g/mol. The van der Waals surface area contributed by atoms with E-state index in [2.05, 4.69) is 17.4 Å². The standard InChI is InChI=1S/C13H19NO2/c1-15-6-5-10-7-11-3-4-12(16-2)8-13(11)14-9-10/h3-4,8,10,14H,5-7,9H2,1-2H3. The fourth-order valence-corrected chi connectivity index (χ4v) is 2.15. The van der Waals surface area contributed by atoms with Crippen LogP contribution < -0.4 is 10.1 Å². The monoisotopic (exact) mass is 221 g/mol. The lowest BCUT2D eigenvalue weighted by Crippen LogP contribution is -2.24. The van der Waals surface area contributed by atoms with Gasteiger partial charge in [0.15, 0.2) is 0 Å². The van der Waals surface area contributed by atoms with Crippen molar-refractivity contribution in [3.63, 3.8) is 0 Å². The van der Waals surface area contributed by atoms with Crippen molar-refractivity contribution in [1.82, 2.24) is 0 Å². The van der Waals surface area contributed by atoms with Crippen molar-refractivity contribution in [3.8, 4) is 5.75 Å². The second-order valence-electron chi connectivity index (χ2n) is 4.26. The number of rotatable bonds is 4. The van der Waals surface area contributed by atoms with E-state index in [1.807, 2.05) is 6.07 Å². The molecule has 1 atom stereocenters. The summed E-state index contributed by atoms with van der Waals surface area (Å²) in [6, 6.07) is 6.25. The molecule has 1 heterocycles. The van der Waals surface area contributed by atoms with E-state index in [1.54, 1.807) is 14.2 Å². The molecule has 1 aliphatic heterocycles. The molecular formula is C13H19NO2. The quantitative estimate of drug-likeness (QED) is 0.846. The summed E-state index contributed by atoms with van der Waals surface area (Å²) in [5.41, 5.74) is 2.60. The van der Waals surface area contributed by atoms with Crippen molar-refractivity contribution in [1.29, 1.82) is 0 Å². The Morgan fingerprint density at radius 3 is 3.00 bits per heavy atom. The van der Waals surface area contributed by atoms with Crippen molar-refractivity contribution < 1.29 is 9.47 Å². The Morgan fingerprint density at radius 2 is 2.25 bits per heavy atom. The van der Waals surface area contributed by atoms with Crippen LogP contribution in [-0.2, 0) is 11.2 Å². The van der Waals surface area contributed by atoms with Crippen LogP contribution in [0.25, 0.3) is 0 Å². The minimum absolute atomic E-state index is 0.681. The van der Waals surface area contributed by atoms with Crippen LogP contribution in [-0.4, -0.2) is 27.4 Å². The van der Waals surface area contributed by atoms with Gasteiger partial charge in [0, 0.05) is 32.0 Å². The zero-order valence-electron chi connectivity index (χ0n) is 9.95. The number of anilines is 1. The fraction of sp³-hybridized carbons (Fsp3) is 0.538. The van der Waals surface area contributed by atoms with E-state index in [4.69, 9.17) is 9.47 Å². The first-order valence-corrected chi connectivity index (χ1v) is 5.73. The molecule has 0 bridgehead atoms. The Morgan fingerprint density at radius 1 is 1.38 bits per heavy atom. The van der Waals surface area contributed by atoms with Gasteiger partial charge in [-0.1, -0.05) is 6.07 Å². The van der Waals surface area contributed by atoms with Gasteiger partial charge < -0.3 is 14.8 Å². The first kappa shape index (κ1) is 11.3. The van der Waals surface area contributed by atoms with Gasteiger partial charge in [-0.3, -0.25) is 0 Å². The highest BCUT2D eigenvalue weighted by Crippen LogP contribution is 2.29. The van der Waals surface area contributed by atoms with Crippen LogP contribution in [0.5, 0.6) is 5.75 Å². The minimum Gasteiger partial charge on any atom is -0.497 e. The van der Waals surface area contributed by atoms with Crippen molar-refractivity contribution in [2.45, 2.75) is 12.8 Å². The summed E-state index contributed by atoms with van der Waals surface area (Å²) in [5, 5.41) is 3.46. The molecule has 0 saturated carbocycles. The van der Waals surface area contributed by atoms with E-state index < -0.39 is 0 Å². The molecule has 1 aliphatic rings. The normalized spacial score (nSPS) is 18.8. The van der Waals surface area contributed by atoms with Gasteiger partial charge in [0.1, 0.15) is 5.75 Å². The van der Waals surface area contributed by atoms with Crippen LogP contribution in [0.15, 0.2) is 18.2 Å². The largest absolute Gasteiger partial charge is 0.497 e. The lowest BCUT2D eigenvalue weighted by molar-refractivity contribution is 0.178. The number of hydrogen-bond donors (Lipinski definition) is 1. The van der Waals surface area contributed by atoms with E-state index >= 15 is 0 Å². The van der Waals surface area contributed by atoms with E-state index in [0.717, 1.165) is 31.7 Å². The highest BCUT2D eigenvalue weighted by Gasteiger charge is 2.18. The van der Waals surface area contributed by atoms with Crippen molar-refractivity contribution in [3.05, 3.63) is 23.8 Å².